The van der Waals surface area contributed by atoms with Crippen LogP contribution in [0.5, 0.6) is 0 Å². The Morgan fingerprint density at radius 1 is 1.20 bits per heavy atom. The molecule has 0 saturated heterocycles. The van der Waals surface area contributed by atoms with Crippen molar-refractivity contribution in [1.29, 1.82) is 0 Å². The maximum atomic E-state index is 12.3. The lowest BCUT2D eigenvalue weighted by molar-refractivity contribution is -0.125. The second-order valence-electron chi connectivity index (χ2n) is 7.00. The third kappa shape index (κ3) is 4.63. The van der Waals surface area contributed by atoms with Crippen LogP contribution in [0.3, 0.4) is 0 Å². The van der Waals surface area contributed by atoms with Crippen LogP contribution in [0, 0.1) is 18.8 Å². The fourth-order valence-electron chi connectivity index (χ4n) is 3.35. The minimum absolute atomic E-state index is 0.000578. The molecule has 0 heterocycles. The summed E-state index contributed by atoms with van der Waals surface area (Å²) < 4.78 is 0. The third-order valence-corrected chi connectivity index (χ3v) is 5.53. The topological polar surface area (TPSA) is 58.2 Å². The van der Waals surface area contributed by atoms with Gasteiger partial charge >= 0.3 is 0 Å². The Kier molecular flexibility index (Phi) is 5.79. The molecule has 0 aliphatic heterocycles. The number of rotatable bonds is 6. The van der Waals surface area contributed by atoms with E-state index in [1.807, 2.05) is 19.1 Å². The zero-order chi connectivity index (χ0) is 17.8. The van der Waals surface area contributed by atoms with Crippen molar-refractivity contribution in [1.82, 2.24) is 5.32 Å². The van der Waals surface area contributed by atoms with Crippen LogP contribution >= 0.6 is 11.6 Å². The first-order valence-electron chi connectivity index (χ1n) is 9.08. The summed E-state index contributed by atoms with van der Waals surface area (Å²) in [5, 5.41) is 6.50. The molecular formula is C20H25ClN2O2. The van der Waals surface area contributed by atoms with Crippen LogP contribution < -0.4 is 10.6 Å². The van der Waals surface area contributed by atoms with Gasteiger partial charge in [0.1, 0.15) is 0 Å². The third-order valence-electron chi connectivity index (χ3n) is 5.12. The number of amides is 2. The molecule has 0 spiro atoms. The molecule has 1 aromatic rings. The van der Waals surface area contributed by atoms with E-state index in [9.17, 15) is 9.59 Å². The lowest BCUT2D eigenvalue weighted by Crippen LogP contribution is -2.28. The van der Waals surface area contributed by atoms with E-state index in [2.05, 4.69) is 16.7 Å². The Labute approximate surface area is 154 Å². The number of hydrogen-bond donors (Lipinski definition) is 2. The molecule has 1 saturated carbocycles. The molecule has 134 valence electrons. The summed E-state index contributed by atoms with van der Waals surface area (Å²) in [5.41, 5.74) is 3.01. The van der Waals surface area contributed by atoms with Crippen molar-refractivity contribution in [2.24, 2.45) is 11.8 Å². The van der Waals surface area contributed by atoms with Crippen molar-refractivity contribution < 1.29 is 9.59 Å². The Bertz CT molecular complexity index is 699. The number of hydrogen-bond acceptors (Lipinski definition) is 2. The molecule has 2 unspecified atom stereocenters. The highest BCUT2D eigenvalue weighted by atomic mass is 35.5. The monoisotopic (exact) mass is 360 g/mol. The molecule has 0 bridgehead atoms. The van der Waals surface area contributed by atoms with Gasteiger partial charge in [-0.15, -0.1) is 0 Å². The van der Waals surface area contributed by atoms with E-state index in [4.69, 9.17) is 11.6 Å². The first-order chi connectivity index (χ1) is 12.1. The molecule has 0 radical (unpaired) electrons. The van der Waals surface area contributed by atoms with Gasteiger partial charge in [0.05, 0.1) is 11.8 Å². The van der Waals surface area contributed by atoms with Crippen LogP contribution in [0.1, 0.15) is 44.1 Å². The fourth-order valence-corrected chi connectivity index (χ4v) is 3.53. The van der Waals surface area contributed by atoms with Crippen LogP contribution in [0.2, 0.25) is 5.02 Å². The summed E-state index contributed by atoms with van der Waals surface area (Å²) in [6, 6.07) is 5.43. The van der Waals surface area contributed by atoms with Gasteiger partial charge in [0.15, 0.2) is 0 Å². The normalized spacial score (nSPS) is 22.1. The van der Waals surface area contributed by atoms with E-state index in [1.165, 1.54) is 18.4 Å². The van der Waals surface area contributed by atoms with Crippen molar-refractivity contribution in [3.05, 3.63) is 40.4 Å². The summed E-state index contributed by atoms with van der Waals surface area (Å²) in [4.78, 5) is 24.5. The maximum Gasteiger partial charge on any atom is 0.228 e. The van der Waals surface area contributed by atoms with Gasteiger partial charge in [0, 0.05) is 17.3 Å². The molecule has 0 aromatic heterocycles. The van der Waals surface area contributed by atoms with Gasteiger partial charge in [-0.05, 0) is 63.1 Å². The molecule has 5 heteroatoms. The van der Waals surface area contributed by atoms with Crippen LogP contribution in [0.15, 0.2) is 29.8 Å². The van der Waals surface area contributed by atoms with Gasteiger partial charge < -0.3 is 10.6 Å². The quantitative estimate of drug-likeness (QED) is 0.746. The lowest BCUT2D eigenvalue weighted by atomic mass is 9.97. The van der Waals surface area contributed by atoms with Gasteiger partial charge in [-0.2, -0.15) is 0 Å². The van der Waals surface area contributed by atoms with E-state index in [0.717, 1.165) is 24.8 Å². The number of anilines is 1. The molecule has 25 heavy (non-hydrogen) atoms. The number of carbonyl (C=O) groups is 2. The molecule has 3 rings (SSSR count). The van der Waals surface area contributed by atoms with Crippen LogP contribution in [0.4, 0.5) is 5.69 Å². The lowest BCUT2D eigenvalue weighted by Gasteiger charge is -2.13. The molecule has 2 aliphatic rings. The van der Waals surface area contributed by atoms with Gasteiger partial charge in [0.2, 0.25) is 11.8 Å². The number of halogens is 1. The Hall–Kier alpha value is -1.81. The van der Waals surface area contributed by atoms with Crippen LogP contribution in [-0.4, -0.2) is 18.4 Å². The first-order valence-corrected chi connectivity index (χ1v) is 9.45. The standard InChI is InChI=1S/C20H25ClN2O2/c1-13-17(21)8-5-9-18(13)23-20(25)16-12-15(16)19(24)22-11-10-14-6-3-2-4-7-14/h5-6,8-9,15-16H,2-4,7,10-12H2,1H3,(H,22,24)(H,23,25). The van der Waals surface area contributed by atoms with Gasteiger partial charge in [0.25, 0.3) is 0 Å². The van der Waals surface area contributed by atoms with Crippen molar-refractivity contribution in [2.45, 2.75) is 45.4 Å². The van der Waals surface area contributed by atoms with Gasteiger partial charge in [-0.3, -0.25) is 9.59 Å². The summed E-state index contributed by atoms with van der Waals surface area (Å²) in [5.74, 6) is -0.521. The van der Waals surface area contributed by atoms with Crippen molar-refractivity contribution in [3.8, 4) is 0 Å². The molecule has 1 aromatic carbocycles. The second-order valence-corrected chi connectivity index (χ2v) is 7.41. The predicted octanol–water partition coefficient (Wildman–Crippen LogP) is 4.23. The zero-order valence-electron chi connectivity index (χ0n) is 14.6. The highest BCUT2D eigenvalue weighted by molar-refractivity contribution is 6.31. The van der Waals surface area contributed by atoms with E-state index < -0.39 is 0 Å². The number of allylic oxidation sites excluding steroid dienone is 1. The average molecular weight is 361 g/mol. The summed E-state index contributed by atoms with van der Waals surface area (Å²) in [7, 11) is 0. The molecule has 2 aliphatic carbocycles. The summed E-state index contributed by atoms with van der Waals surface area (Å²) >= 11 is 6.07. The number of nitrogens with one attached hydrogen (secondary N) is 2. The molecular weight excluding hydrogens is 336 g/mol. The van der Waals surface area contributed by atoms with Gasteiger partial charge in [-0.1, -0.05) is 29.3 Å². The van der Waals surface area contributed by atoms with Gasteiger partial charge in [-0.25, -0.2) is 0 Å². The highest BCUT2D eigenvalue weighted by Gasteiger charge is 2.47. The largest absolute Gasteiger partial charge is 0.356 e. The van der Waals surface area contributed by atoms with Crippen LogP contribution in [-0.2, 0) is 9.59 Å². The van der Waals surface area contributed by atoms with Crippen molar-refractivity contribution >= 4 is 29.1 Å². The molecule has 1 fully saturated rings. The Morgan fingerprint density at radius 2 is 2.00 bits per heavy atom. The minimum Gasteiger partial charge on any atom is -0.356 e. The fraction of sp³-hybridized carbons (Fsp3) is 0.500. The average Bonchev–Trinajstić information content (AvgIpc) is 3.41. The smallest absolute Gasteiger partial charge is 0.228 e. The van der Waals surface area contributed by atoms with Crippen LogP contribution in [0.25, 0.3) is 0 Å². The van der Waals surface area contributed by atoms with E-state index in [-0.39, 0.29) is 23.7 Å². The SMILES string of the molecule is Cc1c(Cl)cccc1NC(=O)C1CC1C(=O)NCCC1=CCCCC1. The number of carbonyl (C=O) groups excluding carboxylic acids is 2. The first kappa shape index (κ1) is 18.0. The number of benzene rings is 1. The Morgan fingerprint density at radius 3 is 2.76 bits per heavy atom. The summed E-state index contributed by atoms with van der Waals surface area (Å²) in [6.07, 6.45) is 8.71. The minimum atomic E-state index is -0.229. The zero-order valence-corrected chi connectivity index (χ0v) is 15.4. The summed E-state index contributed by atoms with van der Waals surface area (Å²) in [6.45, 7) is 2.54. The molecule has 2 atom stereocenters. The van der Waals surface area contributed by atoms with Crippen molar-refractivity contribution in [3.63, 3.8) is 0 Å². The molecule has 2 N–H and O–H groups in total. The van der Waals surface area contributed by atoms with E-state index in [1.54, 1.807) is 6.07 Å². The molecule has 2 amide bonds. The second kappa shape index (κ2) is 8.05. The van der Waals surface area contributed by atoms with Crippen molar-refractivity contribution in [2.75, 3.05) is 11.9 Å². The predicted molar refractivity (Wildman–Crippen MR) is 101 cm³/mol. The van der Waals surface area contributed by atoms with E-state index >= 15 is 0 Å². The highest BCUT2D eigenvalue weighted by Crippen LogP contribution is 2.40. The Balaban J connectivity index is 1.43. The molecule has 4 nitrogen and oxygen atoms in total. The maximum absolute atomic E-state index is 12.3. The van der Waals surface area contributed by atoms with E-state index in [0.29, 0.717) is 23.7 Å².